The highest BCUT2D eigenvalue weighted by molar-refractivity contribution is 9.10. The molecule has 0 saturated carbocycles. The lowest BCUT2D eigenvalue weighted by Crippen LogP contribution is -2.14. The van der Waals surface area contributed by atoms with Crippen LogP contribution in [-0.2, 0) is 0 Å². The third-order valence-electron chi connectivity index (χ3n) is 1.89. The number of nitrogens with one attached hydrogen (secondary N) is 1. The van der Waals surface area contributed by atoms with Crippen LogP contribution in [0.25, 0.3) is 0 Å². The van der Waals surface area contributed by atoms with Crippen LogP contribution in [0.3, 0.4) is 0 Å². The van der Waals surface area contributed by atoms with Crippen molar-refractivity contribution in [3.63, 3.8) is 0 Å². The maximum atomic E-state index is 4.31. The smallest absolute Gasteiger partial charge is 0.130 e. The molecular weight excluding hydrogens is 274 g/mol. The quantitative estimate of drug-likeness (QED) is 0.846. The van der Waals surface area contributed by atoms with Crippen LogP contribution in [0.5, 0.6) is 0 Å². The van der Waals surface area contributed by atoms with Crippen LogP contribution in [0, 0.1) is 12.8 Å². The molecule has 1 N–H and O–H groups in total. The van der Waals surface area contributed by atoms with E-state index in [1.165, 1.54) is 0 Å². The maximum absolute atomic E-state index is 4.31. The molecule has 3 nitrogen and oxygen atoms in total. The van der Waals surface area contributed by atoms with Crippen LogP contribution >= 0.6 is 27.7 Å². The molecule has 84 valence electrons. The normalized spacial score (nSPS) is 12.5. The van der Waals surface area contributed by atoms with Gasteiger partial charge in [-0.15, -0.1) is 0 Å². The molecule has 1 unspecified atom stereocenters. The average Bonchev–Trinajstić information content (AvgIpc) is 2.14. The molecule has 1 aromatic rings. The fourth-order valence-corrected chi connectivity index (χ4v) is 2.40. The van der Waals surface area contributed by atoms with Crippen LogP contribution in [0.4, 0.5) is 5.82 Å². The molecule has 0 aromatic carbocycles. The second kappa shape index (κ2) is 6.33. The monoisotopic (exact) mass is 289 g/mol. The molecule has 0 aliphatic carbocycles. The first-order valence-electron chi connectivity index (χ1n) is 4.86. The molecule has 15 heavy (non-hydrogen) atoms. The number of aromatic nitrogens is 2. The van der Waals surface area contributed by atoms with Crippen molar-refractivity contribution >= 4 is 33.5 Å². The van der Waals surface area contributed by atoms with Gasteiger partial charge in [0.15, 0.2) is 0 Å². The minimum Gasteiger partial charge on any atom is -0.370 e. The highest BCUT2D eigenvalue weighted by atomic mass is 79.9. The number of rotatable bonds is 5. The number of halogens is 1. The van der Waals surface area contributed by atoms with E-state index < -0.39 is 0 Å². The zero-order valence-electron chi connectivity index (χ0n) is 9.25. The van der Waals surface area contributed by atoms with Crippen molar-refractivity contribution in [3.05, 3.63) is 16.5 Å². The Morgan fingerprint density at radius 1 is 1.53 bits per heavy atom. The molecular formula is C10H16BrN3S. The van der Waals surface area contributed by atoms with E-state index in [9.17, 15) is 0 Å². The molecule has 0 radical (unpaired) electrons. The Bertz CT molecular complexity index is 299. The lowest BCUT2D eigenvalue weighted by atomic mass is 10.2. The number of nitrogens with zero attached hydrogens (tertiary/aromatic N) is 2. The first-order valence-corrected chi connectivity index (χ1v) is 7.04. The van der Waals surface area contributed by atoms with Crippen LogP contribution in [0.2, 0.25) is 0 Å². The minimum atomic E-state index is 0.647. The lowest BCUT2D eigenvalue weighted by molar-refractivity contribution is 0.699. The van der Waals surface area contributed by atoms with Gasteiger partial charge >= 0.3 is 0 Å². The number of aryl methyl sites for hydroxylation is 1. The van der Waals surface area contributed by atoms with Gasteiger partial charge in [0, 0.05) is 12.6 Å². The van der Waals surface area contributed by atoms with E-state index >= 15 is 0 Å². The molecule has 1 atom stereocenters. The Balaban J connectivity index is 2.50. The van der Waals surface area contributed by atoms with Crippen LogP contribution in [0.1, 0.15) is 12.7 Å². The van der Waals surface area contributed by atoms with Crippen LogP contribution < -0.4 is 5.32 Å². The van der Waals surface area contributed by atoms with Gasteiger partial charge in [0.2, 0.25) is 0 Å². The summed E-state index contributed by atoms with van der Waals surface area (Å²) in [6.45, 7) is 5.07. The van der Waals surface area contributed by atoms with Crippen molar-refractivity contribution in [1.82, 2.24) is 9.97 Å². The summed E-state index contributed by atoms with van der Waals surface area (Å²) in [7, 11) is 0. The fourth-order valence-electron chi connectivity index (χ4n) is 1.24. The van der Waals surface area contributed by atoms with Gasteiger partial charge < -0.3 is 5.32 Å². The lowest BCUT2D eigenvalue weighted by Gasteiger charge is -2.11. The van der Waals surface area contributed by atoms with Crippen LogP contribution in [-0.4, -0.2) is 28.5 Å². The summed E-state index contributed by atoms with van der Waals surface area (Å²) in [6, 6.07) is 1.90. The second-order valence-electron chi connectivity index (χ2n) is 3.56. The van der Waals surface area contributed by atoms with Crippen molar-refractivity contribution in [2.45, 2.75) is 13.8 Å². The van der Waals surface area contributed by atoms with E-state index in [4.69, 9.17) is 0 Å². The average molecular weight is 290 g/mol. The second-order valence-corrected chi connectivity index (χ2v) is 5.29. The van der Waals surface area contributed by atoms with Gasteiger partial charge in [-0.25, -0.2) is 9.97 Å². The minimum absolute atomic E-state index is 0.647. The van der Waals surface area contributed by atoms with E-state index in [0.29, 0.717) is 5.92 Å². The summed E-state index contributed by atoms with van der Waals surface area (Å²) in [5.74, 6) is 3.49. The Labute approximate surface area is 104 Å². The van der Waals surface area contributed by atoms with Crippen molar-refractivity contribution in [2.24, 2.45) is 5.92 Å². The van der Waals surface area contributed by atoms with E-state index in [0.717, 1.165) is 28.5 Å². The standard InChI is InChI=1S/C10H16BrN3S/c1-7(6-15-3)5-12-10-4-9(11)13-8(2)14-10/h4,7H,5-6H2,1-3H3,(H,12,13,14). The third kappa shape index (κ3) is 4.84. The Hall–Kier alpha value is -0.290. The summed E-state index contributed by atoms with van der Waals surface area (Å²) in [5.41, 5.74) is 0. The highest BCUT2D eigenvalue weighted by Crippen LogP contribution is 2.13. The number of hydrogen-bond acceptors (Lipinski definition) is 4. The number of hydrogen-bond donors (Lipinski definition) is 1. The van der Waals surface area contributed by atoms with Crippen molar-refractivity contribution in [2.75, 3.05) is 23.9 Å². The van der Waals surface area contributed by atoms with Gasteiger partial charge in [0.1, 0.15) is 16.2 Å². The summed E-state index contributed by atoms with van der Waals surface area (Å²) < 4.78 is 0.829. The predicted molar refractivity (Wildman–Crippen MR) is 70.5 cm³/mol. The van der Waals surface area contributed by atoms with Crippen molar-refractivity contribution < 1.29 is 0 Å². The van der Waals surface area contributed by atoms with Gasteiger partial charge in [-0.3, -0.25) is 0 Å². The summed E-state index contributed by atoms with van der Waals surface area (Å²) in [4.78, 5) is 8.47. The fraction of sp³-hybridized carbons (Fsp3) is 0.600. The Kier molecular flexibility index (Phi) is 5.39. The number of anilines is 1. The highest BCUT2D eigenvalue weighted by Gasteiger charge is 2.03. The molecule has 0 saturated heterocycles. The van der Waals surface area contributed by atoms with Gasteiger partial charge in [0.05, 0.1) is 0 Å². The third-order valence-corrected chi connectivity index (χ3v) is 3.20. The molecule has 1 heterocycles. The van der Waals surface area contributed by atoms with Crippen molar-refractivity contribution in [3.8, 4) is 0 Å². The van der Waals surface area contributed by atoms with Gasteiger partial charge in [-0.2, -0.15) is 11.8 Å². The van der Waals surface area contributed by atoms with Gasteiger partial charge in [0.25, 0.3) is 0 Å². The molecule has 0 fully saturated rings. The van der Waals surface area contributed by atoms with Crippen LogP contribution in [0.15, 0.2) is 10.7 Å². The van der Waals surface area contributed by atoms with E-state index in [1.54, 1.807) is 0 Å². The van der Waals surface area contributed by atoms with Gasteiger partial charge in [-0.05, 0) is 40.8 Å². The van der Waals surface area contributed by atoms with E-state index in [1.807, 2.05) is 24.8 Å². The van der Waals surface area contributed by atoms with E-state index in [2.05, 4.69) is 44.4 Å². The predicted octanol–water partition coefficient (Wildman–Crippen LogP) is 2.96. The first-order chi connectivity index (χ1) is 7.11. The molecule has 1 rings (SSSR count). The summed E-state index contributed by atoms with van der Waals surface area (Å²) >= 11 is 5.22. The first kappa shape index (κ1) is 12.8. The molecule has 0 aliphatic heterocycles. The molecule has 0 bridgehead atoms. The Morgan fingerprint density at radius 2 is 2.27 bits per heavy atom. The zero-order valence-corrected chi connectivity index (χ0v) is 11.7. The molecule has 1 aromatic heterocycles. The zero-order chi connectivity index (χ0) is 11.3. The van der Waals surface area contributed by atoms with Crippen molar-refractivity contribution in [1.29, 1.82) is 0 Å². The largest absolute Gasteiger partial charge is 0.370 e. The molecule has 0 aliphatic rings. The molecule has 5 heteroatoms. The maximum Gasteiger partial charge on any atom is 0.130 e. The summed E-state index contributed by atoms with van der Waals surface area (Å²) in [5, 5.41) is 3.32. The molecule has 0 spiro atoms. The summed E-state index contributed by atoms with van der Waals surface area (Å²) in [6.07, 6.45) is 2.13. The SMILES string of the molecule is CSCC(C)CNc1cc(Br)nc(C)n1. The van der Waals surface area contributed by atoms with Gasteiger partial charge in [-0.1, -0.05) is 6.92 Å². The Morgan fingerprint density at radius 3 is 2.87 bits per heavy atom. The topological polar surface area (TPSA) is 37.8 Å². The number of thioether (sulfide) groups is 1. The van der Waals surface area contributed by atoms with E-state index in [-0.39, 0.29) is 0 Å². The molecule has 0 amide bonds.